The molecule has 1 saturated heterocycles. The number of nitrogens with one attached hydrogen (secondary N) is 1. The molecule has 3 nitrogen and oxygen atoms in total. The minimum atomic E-state index is -4.18. The molecule has 1 heterocycles. The molecule has 1 aromatic carbocycles. The van der Waals surface area contributed by atoms with Crippen molar-refractivity contribution in [3.8, 4) is 5.75 Å². The molecule has 0 aromatic heterocycles. The molecular formula is C15H22ClF3N2O. The molecule has 0 unspecified atom stereocenters. The minimum Gasteiger partial charge on any atom is -0.494 e. The summed E-state index contributed by atoms with van der Waals surface area (Å²) in [6.45, 7) is 5.05. The zero-order valence-corrected chi connectivity index (χ0v) is 13.3. The summed E-state index contributed by atoms with van der Waals surface area (Å²) in [7, 11) is 0. The van der Waals surface area contributed by atoms with Gasteiger partial charge < -0.3 is 10.1 Å². The minimum absolute atomic E-state index is 0. The van der Waals surface area contributed by atoms with Gasteiger partial charge in [-0.05, 0) is 24.6 Å². The van der Waals surface area contributed by atoms with Gasteiger partial charge in [0.2, 0.25) is 0 Å². The molecule has 1 N–H and O–H groups in total. The fraction of sp³-hybridized carbons (Fsp3) is 0.600. The van der Waals surface area contributed by atoms with Crippen molar-refractivity contribution in [3.63, 3.8) is 0 Å². The molecule has 1 atom stereocenters. The van der Waals surface area contributed by atoms with Crippen LogP contribution < -0.4 is 10.1 Å². The highest BCUT2D eigenvalue weighted by atomic mass is 35.5. The SMILES string of the molecule is CCOc1cccc([C@H](CC(F)(F)F)N2CCNCC2)c1.Cl. The summed E-state index contributed by atoms with van der Waals surface area (Å²) >= 11 is 0. The van der Waals surface area contributed by atoms with Crippen LogP contribution in [0.4, 0.5) is 13.2 Å². The summed E-state index contributed by atoms with van der Waals surface area (Å²) in [5, 5.41) is 3.17. The van der Waals surface area contributed by atoms with Gasteiger partial charge in [-0.1, -0.05) is 12.1 Å². The molecule has 1 fully saturated rings. The summed E-state index contributed by atoms with van der Waals surface area (Å²) in [5.41, 5.74) is 0.667. The molecule has 0 amide bonds. The van der Waals surface area contributed by atoms with Gasteiger partial charge in [0.15, 0.2) is 0 Å². The largest absolute Gasteiger partial charge is 0.494 e. The summed E-state index contributed by atoms with van der Waals surface area (Å²) in [4.78, 5) is 1.90. The third-order valence-corrected chi connectivity index (χ3v) is 3.57. The average molecular weight is 339 g/mol. The van der Waals surface area contributed by atoms with Crippen molar-refractivity contribution in [1.29, 1.82) is 0 Å². The number of alkyl halides is 3. The predicted octanol–water partition coefficient (Wildman–Crippen LogP) is 3.41. The Labute approximate surface area is 135 Å². The third-order valence-electron chi connectivity index (χ3n) is 3.57. The highest BCUT2D eigenvalue weighted by Crippen LogP contribution is 2.35. The zero-order chi connectivity index (χ0) is 15.3. The lowest BCUT2D eigenvalue weighted by Gasteiger charge is -2.35. The van der Waals surface area contributed by atoms with E-state index in [1.807, 2.05) is 11.8 Å². The van der Waals surface area contributed by atoms with Crippen LogP contribution in [-0.4, -0.2) is 43.9 Å². The lowest BCUT2D eigenvalue weighted by molar-refractivity contribution is -0.148. The quantitative estimate of drug-likeness (QED) is 0.890. The summed E-state index contributed by atoms with van der Waals surface area (Å²) < 4.78 is 44.2. The van der Waals surface area contributed by atoms with E-state index in [0.29, 0.717) is 31.0 Å². The Morgan fingerprint density at radius 2 is 1.95 bits per heavy atom. The van der Waals surface area contributed by atoms with Gasteiger partial charge in [0.1, 0.15) is 5.75 Å². The number of nitrogens with zero attached hydrogens (tertiary/aromatic N) is 1. The lowest BCUT2D eigenvalue weighted by atomic mass is 10.0. The van der Waals surface area contributed by atoms with Crippen molar-refractivity contribution in [1.82, 2.24) is 10.2 Å². The van der Waals surface area contributed by atoms with Crippen LogP contribution in [-0.2, 0) is 0 Å². The second kappa shape index (κ2) is 8.60. The molecule has 1 aliphatic rings. The number of hydrogen-bond donors (Lipinski definition) is 1. The smallest absolute Gasteiger partial charge is 0.390 e. The second-order valence-electron chi connectivity index (χ2n) is 5.13. The number of rotatable bonds is 5. The normalized spacial score (nSPS) is 17.6. The van der Waals surface area contributed by atoms with Gasteiger partial charge in [-0.3, -0.25) is 4.90 Å². The van der Waals surface area contributed by atoms with Crippen LogP contribution in [0.25, 0.3) is 0 Å². The van der Waals surface area contributed by atoms with Crippen molar-refractivity contribution in [2.75, 3.05) is 32.8 Å². The molecule has 126 valence electrons. The van der Waals surface area contributed by atoms with E-state index in [4.69, 9.17) is 4.74 Å². The third kappa shape index (κ3) is 5.66. The average Bonchev–Trinajstić information content (AvgIpc) is 2.45. The maximum Gasteiger partial charge on any atom is 0.390 e. The van der Waals surface area contributed by atoms with Crippen LogP contribution >= 0.6 is 12.4 Å². The molecule has 0 saturated carbocycles. The molecule has 1 aliphatic heterocycles. The topological polar surface area (TPSA) is 24.5 Å². The summed E-state index contributed by atoms with van der Waals surface area (Å²) in [5.74, 6) is 0.623. The van der Waals surface area contributed by atoms with Crippen LogP contribution in [0.3, 0.4) is 0 Å². The first-order valence-corrected chi connectivity index (χ1v) is 7.24. The van der Waals surface area contributed by atoms with Gasteiger partial charge in [-0.15, -0.1) is 12.4 Å². The van der Waals surface area contributed by atoms with E-state index in [1.54, 1.807) is 24.3 Å². The fourth-order valence-electron chi connectivity index (χ4n) is 2.65. The Morgan fingerprint density at radius 1 is 1.27 bits per heavy atom. The van der Waals surface area contributed by atoms with Gasteiger partial charge in [0, 0.05) is 32.2 Å². The highest BCUT2D eigenvalue weighted by Gasteiger charge is 2.36. The standard InChI is InChI=1S/C15H21F3N2O.ClH/c1-2-21-13-5-3-4-12(10-13)14(11-15(16,17)18)20-8-6-19-7-9-20;/h3-5,10,14,19H,2,6-9,11H2,1H3;1H/t14-;/m0./s1. The zero-order valence-electron chi connectivity index (χ0n) is 12.5. The predicted molar refractivity (Wildman–Crippen MR) is 82.7 cm³/mol. The number of ether oxygens (including phenoxy) is 1. The van der Waals surface area contributed by atoms with E-state index in [1.165, 1.54) is 0 Å². The first-order valence-electron chi connectivity index (χ1n) is 7.24. The van der Waals surface area contributed by atoms with E-state index in [2.05, 4.69) is 5.32 Å². The first kappa shape index (κ1) is 19.1. The van der Waals surface area contributed by atoms with Gasteiger partial charge in [0.25, 0.3) is 0 Å². The van der Waals surface area contributed by atoms with Crippen molar-refractivity contribution >= 4 is 12.4 Å². The maximum absolute atomic E-state index is 12.9. The second-order valence-corrected chi connectivity index (χ2v) is 5.13. The van der Waals surface area contributed by atoms with Crippen molar-refractivity contribution in [2.24, 2.45) is 0 Å². The van der Waals surface area contributed by atoms with Gasteiger partial charge in [0.05, 0.1) is 13.0 Å². The fourth-order valence-corrected chi connectivity index (χ4v) is 2.65. The Hall–Kier alpha value is -0.980. The molecule has 2 rings (SSSR count). The molecule has 22 heavy (non-hydrogen) atoms. The van der Waals surface area contributed by atoms with Gasteiger partial charge in [-0.2, -0.15) is 13.2 Å². The van der Waals surface area contributed by atoms with Crippen molar-refractivity contribution < 1.29 is 17.9 Å². The maximum atomic E-state index is 12.9. The first-order chi connectivity index (χ1) is 9.99. The van der Waals surface area contributed by atoms with Crippen LogP contribution in [0.15, 0.2) is 24.3 Å². The van der Waals surface area contributed by atoms with Crippen molar-refractivity contribution in [2.45, 2.75) is 25.6 Å². The van der Waals surface area contributed by atoms with Crippen molar-refractivity contribution in [3.05, 3.63) is 29.8 Å². The van der Waals surface area contributed by atoms with Crippen LogP contribution in [0.1, 0.15) is 24.9 Å². The van der Waals surface area contributed by atoms with Crippen LogP contribution in [0.5, 0.6) is 5.75 Å². The van der Waals surface area contributed by atoms with Crippen LogP contribution in [0, 0.1) is 0 Å². The molecular weight excluding hydrogens is 317 g/mol. The van der Waals surface area contributed by atoms with Gasteiger partial charge >= 0.3 is 6.18 Å². The summed E-state index contributed by atoms with van der Waals surface area (Å²) in [6, 6.07) is 6.36. The molecule has 7 heteroatoms. The lowest BCUT2D eigenvalue weighted by Crippen LogP contribution is -2.46. The van der Waals surface area contributed by atoms with Gasteiger partial charge in [-0.25, -0.2) is 0 Å². The molecule has 1 aromatic rings. The number of benzene rings is 1. The number of halogens is 4. The number of piperazine rings is 1. The Balaban J connectivity index is 0.00000242. The Morgan fingerprint density at radius 3 is 2.55 bits per heavy atom. The summed E-state index contributed by atoms with van der Waals surface area (Å²) in [6.07, 6.45) is -5.01. The highest BCUT2D eigenvalue weighted by molar-refractivity contribution is 5.85. The number of hydrogen-bond acceptors (Lipinski definition) is 3. The van der Waals surface area contributed by atoms with E-state index in [9.17, 15) is 13.2 Å². The molecule has 0 aliphatic carbocycles. The molecule has 0 spiro atoms. The molecule has 0 radical (unpaired) electrons. The van der Waals surface area contributed by atoms with E-state index < -0.39 is 18.6 Å². The molecule has 0 bridgehead atoms. The van der Waals surface area contributed by atoms with E-state index in [-0.39, 0.29) is 12.4 Å². The Bertz CT molecular complexity index is 451. The van der Waals surface area contributed by atoms with Crippen LogP contribution in [0.2, 0.25) is 0 Å². The van der Waals surface area contributed by atoms with E-state index in [0.717, 1.165) is 13.1 Å². The Kier molecular flexibility index (Phi) is 7.45. The monoisotopic (exact) mass is 338 g/mol. The van der Waals surface area contributed by atoms with E-state index >= 15 is 0 Å².